The van der Waals surface area contributed by atoms with Crippen LogP contribution in [-0.2, 0) is 4.79 Å². The summed E-state index contributed by atoms with van der Waals surface area (Å²) in [6.07, 6.45) is 3.73. The summed E-state index contributed by atoms with van der Waals surface area (Å²) in [5.41, 5.74) is 0.745. The Morgan fingerprint density at radius 1 is 1.14 bits per heavy atom. The number of aliphatic hydroxyl groups excluding tert-OH is 1. The maximum absolute atomic E-state index is 10.6. The molecule has 0 aliphatic heterocycles. The second-order valence-corrected chi connectivity index (χ2v) is 6.59. The minimum Gasteiger partial charge on any atom is -0.550 e. The van der Waals surface area contributed by atoms with Gasteiger partial charge in [-0.15, -0.1) is 11.8 Å². The molecule has 0 radical (unpaired) electrons. The molecule has 4 nitrogen and oxygen atoms in total. The number of aliphatic carboxylic acids is 1. The van der Waals surface area contributed by atoms with Gasteiger partial charge in [-0.1, -0.05) is 44.0 Å². The number of benzene rings is 2. The maximum atomic E-state index is 10.6. The molecule has 28 heavy (non-hydrogen) atoms. The largest absolute Gasteiger partial charge is 1.00 e. The number of fused-ring (bicyclic) bond motifs is 1. The summed E-state index contributed by atoms with van der Waals surface area (Å²) in [4.78, 5) is 10.4. The number of carbonyl (C=O) groups is 1. The molecule has 2 rings (SSSR count). The van der Waals surface area contributed by atoms with Crippen LogP contribution in [0.4, 0.5) is 0 Å². The third-order valence-electron chi connectivity index (χ3n) is 4.35. The normalized spacial score (nSPS) is 11.2. The summed E-state index contributed by atoms with van der Waals surface area (Å²) in [6, 6.07) is 11.9. The van der Waals surface area contributed by atoms with E-state index in [1.807, 2.05) is 36.4 Å². The first-order valence-electron chi connectivity index (χ1n) is 9.61. The number of carboxylic acids is 1. The Balaban J connectivity index is 0.00000392. The summed E-state index contributed by atoms with van der Waals surface area (Å²) in [7, 11) is 0. The molecule has 1 N–H and O–H groups in total. The van der Waals surface area contributed by atoms with Gasteiger partial charge in [-0.05, 0) is 42.2 Å². The number of aliphatic hydroxyl groups is 1. The molecule has 0 spiro atoms. The quantitative estimate of drug-likeness (QED) is 0.369. The monoisotopic (exact) mass is 390 g/mol. The van der Waals surface area contributed by atoms with Crippen LogP contribution in [0.15, 0.2) is 36.4 Å². The van der Waals surface area contributed by atoms with Gasteiger partial charge in [0.25, 0.3) is 0 Å². The van der Waals surface area contributed by atoms with E-state index in [-0.39, 0.29) is 42.4 Å². The molecule has 0 saturated carbocycles. The van der Waals surface area contributed by atoms with Crippen molar-refractivity contribution < 1.29 is 49.3 Å². The molecule has 0 bridgehead atoms. The second kappa shape index (κ2) is 13.6. The Morgan fingerprint density at radius 3 is 2.54 bits per heavy atom. The van der Waals surface area contributed by atoms with E-state index in [4.69, 9.17) is 4.74 Å². The smallest absolute Gasteiger partial charge is 0.550 e. The number of hydrogen-bond acceptors (Lipinski definition) is 4. The van der Waals surface area contributed by atoms with Crippen molar-refractivity contribution in [1.82, 2.24) is 0 Å². The van der Waals surface area contributed by atoms with Crippen LogP contribution < -0.4 is 39.4 Å². The minimum atomic E-state index is -1.06. The van der Waals surface area contributed by atoms with Crippen molar-refractivity contribution in [1.29, 1.82) is 0 Å². The average molecular weight is 390 g/mol. The van der Waals surface area contributed by atoms with Crippen LogP contribution in [0, 0.1) is 11.8 Å². The topological polar surface area (TPSA) is 69.6 Å². The van der Waals surface area contributed by atoms with E-state index in [1.54, 1.807) is 0 Å². The van der Waals surface area contributed by atoms with Gasteiger partial charge in [-0.25, -0.2) is 0 Å². The zero-order valence-corrected chi connectivity index (χ0v) is 18.9. The number of ether oxygens (including phenoxy) is 1. The second-order valence-electron chi connectivity index (χ2n) is 6.59. The molecule has 0 aromatic heterocycles. The van der Waals surface area contributed by atoms with Crippen molar-refractivity contribution in [3.05, 3.63) is 42.0 Å². The Bertz CT molecular complexity index is 807. The minimum absolute atomic E-state index is 0. The Morgan fingerprint density at radius 2 is 1.86 bits per heavy atom. The SMILES string of the molecule is CCCCCOc1cc2ccccc2cc1C(O)CC#CCCCC(=O)[O-].[Na+]. The van der Waals surface area contributed by atoms with Gasteiger partial charge < -0.3 is 19.7 Å². The van der Waals surface area contributed by atoms with Crippen molar-refractivity contribution in [2.75, 3.05) is 6.61 Å². The van der Waals surface area contributed by atoms with Gasteiger partial charge in [0.1, 0.15) is 5.75 Å². The number of unbranched alkanes of at least 4 members (excludes halogenated alkanes) is 3. The van der Waals surface area contributed by atoms with E-state index in [9.17, 15) is 15.0 Å². The molecule has 0 aliphatic rings. The van der Waals surface area contributed by atoms with Gasteiger partial charge in [-0.3, -0.25) is 0 Å². The molecular weight excluding hydrogens is 363 g/mol. The molecule has 2 aromatic rings. The number of carbonyl (C=O) groups excluding carboxylic acids is 1. The maximum Gasteiger partial charge on any atom is 1.00 e. The first-order chi connectivity index (χ1) is 13.1. The predicted molar refractivity (Wildman–Crippen MR) is 105 cm³/mol. The summed E-state index contributed by atoms with van der Waals surface area (Å²) >= 11 is 0. The van der Waals surface area contributed by atoms with E-state index in [1.165, 1.54) is 0 Å². The van der Waals surface area contributed by atoms with Crippen molar-refractivity contribution in [2.45, 2.75) is 58.0 Å². The average Bonchev–Trinajstić information content (AvgIpc) is 2.67. The summed E-state index contributed by atoms with van der Waals surface area (Å²) in [5.74, 6) is 5.50. The van der Waals surface area contributed by atoms with Gasteiger partial charge in [-0.2, -0.15) is 0 Å². The molecule has 2 aromatic carbocycles. The van der Waals surface area contributed by atoms with Crippen molar-refractivity contribution in [2.24, 2.45) is 0 Å². The third-order valence-corrected chi connectivity index (χ3v) is 4.35. The summed E-state index contributed by atoms with van der Waals surface area (Å²) in [5, 5.41) is 23.1. The standard InChI is InChI=1S/C23H28O4.Na/c1-2-3-10-15-27-22-17-19-12-9-8-11-18(19)16-20(22)21(24)13-6-4-5-7-14-23(25)26;/h8-9,11-12,16-17,21,24H,2-3,5,7,10,13-15H2,1H3,(H,25,26);/q;+1/p-1. The zero-order chi connectivity index (χ0) is 19.5. The van der Waals surface area contributed by atoms with E-state index >= 15 is 0 Å². The molecular formula is C23H27NaO4. The van der Waals surface area contributed by atoms with Crippen LogP contribution in [0.25, 0.3) is 10.8 Å². The van der Waals surface area contributed by atoms with Gasteiger partial charge in [0, 0.05) is 24.4 Å². The van der Waals surface area contributed by atoms with Crippen LogP contribution in [0.1, 0.15) is 63.5 Å². The molecule has 1 atom stereocenters. The predicted octanol–water partition coefficient (Wildman–Crippen LogP) is 0.760. The fourth-order valence-electron chi connectivity index (χ4n) is 2.84. The molecule has 0 heterocycles. The van der Waals surface area contributed by atoms with E-state index < -0.39 is 12.1 Å². The van der Waals surface area contributed by atoms with Crippen molar-refractivity contribution in [3.8, 4) is 17.6 Å². The molecule has 144 valence electrons. The van der Waals surface area contributed by atoms with Crippen LogP contribution in [0.3, 0.4) is 0 Å². The van der Waals surface area contributed by atoms with E-state index in [0.717, 1.165) is 35.6 Å². The Labute approximate surface area is 189 Å². The van der Waals surface area contributed by atoms with Crippen molar-refractivity contribution >= 4 is 16.7 Å². The fourth-order valence-corrected chi connectivity index (χ4v) is 2.84. The third kappa shape index (κ3) is 8.24. The molecule has 0 saturated heterocycles. The van der Waals surface area contributed by atoms with E-state index in [2.05, 4.69) is 18.8 Å². The van der Waals surface area contributed by atoms with Crippen LogP contribution in [-0.4, -0.2) is 17.7 Å². The van der Waals surface area contributed by atoms with Gasteiger partial charge in [0.15, 0.2) is 0 Å². The summed E-state index contributed by atoms with van der Waals surface area (Å²) < 4.78 is 5.96. The molecule has 1 unspecified atom stereocenters. The van der Waals surface area contributed by atoms with Crippen LogP contribution in [0.5, 0.6) is 5.75 Å². The Kier molecular flexibility index (Phi) is 11.9. The fraction of sp³-hybridized carbons (Fsp3) is 0.435. The van der Waals surface area contributed by atoms with Gasteiger partial charge in [0.05, 0.1) is 12.7 Å². The molecule has 5 heteroatoms. The number of carboxylic acid groups (broad SMARTS) is 1. The molecule has 0 fully saturated rings. The zero-order valence-electron chi connectivity index (χ0n) is 16.9. The van der Waals surface area contributed by atoms with Crippen LogP contribution >= 0.6 is 0 Å². The van der Waals surface area contributed by atoms with E-state index in [0.29, 0.717) is 25.2 Å². The van der Waals surface area contributed by atoms with Gasteiger partial charge in [0.2, 0.25) is 0 Å². The first-order valence-corrected chi connectivity index (χ1v) is 9.61. The number of rotatable bonds is 10. The van der Waals surface area contributed by atoms with Crippen molar-refractivity contribution in [3.63, 3.8) is 0 Å². The molecule has 0 aliphatic carbocycles. The Hall–Kier alpha value is -1.51. The van der Waals surface area contributed by atoms with Crippen LogP contribution in [0.2, 0.25) is 0 Å². The number of hydrogen-bond donors (Lipinski definition) is 1. The first kappa shape index (κ1) is 24.5. The summed E-state index contributed by atoms with van der Waals surface area (Å²) in [6.45, 7) is 2.78. The van der Waals surface area contributed by atoms with Gasteiger partial charge >= 0.3 is 29.6 Å². The molecule has 0 amide bonds.